The van der Waals surface area contributed by atoms with Crippen molar-refractivity contribution in [2.75, 3.05) is 36.6 Å². The molecule has 2 amide bonds. The molecule has 0 saturated heterocycles. The molecule has 1 N–H and O–H groups in total. The molecular formula is C18H22N2O4S. The highest BCUT2D eigenvalue weighted by molar-refractivity contribution is 7.99. The average Bonchev–Trinajstić information content (AvgIpc) is 2.65. The van der Waals surface area contributed by atoms with Gasteiger partial charge in [0, 0.05) is 30.1 Å². The standard InChI is InChI=1S/C18H22N2O4S/c1-3-16(21)20-10-5-7-13-14(6-4-8-15(13)20)18(23)19-9-11-25-12-17(22)24-2/h3-4,6,8H,1,5,7,9-12H2,2H3,(H,19,23). The number of esters is 1. The Bertz CT molecular complexity index is 675. The monoisotopic (exact) mass is 362 g/mol. The van der Waals surface area contributed by atoms with Gasteiger partial charge in [0.2, 0.25) is 5.91 Å². The summed E-state index contributed by atoms with van der Waals surface area (Å²) in [4.78, 5) is 37.2. The van der Waals surface area contributed by atoms with Crippen LogP contribution in [0, 0.1) is 0 Å². The van der Waals surface area contributed by atoms with E-state index in [-0.39, 0.29) is 23.5 Å². The van der Waals surface area contributed by atoms with Crippen LogP contribution < -0.4 is 10.2 Å². The van der Waals surface area contributed by atoms with Crippen molar-refractivity contribution in [1.82, 2.24) is 5.32 Å². The second-order valence-electron chi connectivity index (χ2n) is 5.49. The first-order valence-corrected chi connectivity index (χ1v) is 9.22. The molecular weight excluding hydrogens is 340 g/mol. The lowest BCUT2D eigenvalue weighted by molar-refractivity contribution is -0.137. The van der Waals surface area contributed by atoms with Gasteiger partial charge < -0.3 is 15.0 Å². The molecule has 1 aliphatic heterocycles. The zero-order valence-corrected chi connectivity index (χ0v) is 15.1. The molecule has 1 aliphatic rings. The molecule has 0 aromatic heterocycles. The quantitative estimate of drug-likeness (QED) is 0.455. The van der Waals surface area contributed by atoms with E-state index in [9.17, 15) is 14.4 Å². The minimum absolute atomic E-state index is 0.155. The molecule has 134 valence electrons. The van der Waals surface area contributed by atoms with Crippen LogP contribution in [0.1, 0.15) is 22.3 Å². The van der Waals surface area contributed by atoms with Crippen LogP contribution in [0.2, 0.25) is 0 Å². The van der Waals surface area contributed by atoms with Gasteiger partial charge in [0.25, 0.3) is 5.91 Å². The predicted molar refractivity (Wildman–Crippen MR) is 99.0 cm³/mol. The van der Waals surface area contributed by atoms with E-state index in [1.54, 1.807) is 17.0 Å². The van der Waals surface area contributed by atoms with Gasteiger partial charge in [-0.25, -0.2) is 0 Å². The van der Waals surface area contributed by atoms with Crippen LogP contribution in [0.5, 0.6) is 0 Å². The normalized spacial score (nSPS) is 12.9. The van der Waals surface area contributed by atoms with Crippen LogP contribution in [-0.2, 0) is 20.7 Å². The number of carbonyl (C=O) groups is 3. The Morgan fingerprint density at radius 1 is 1.40 bits per heavy atom. The molecule has 7 heteroatoms. The van der Waals surface area contributed by atoms with E-state index < -0.39 is 0 Å². The summed E-state index contributed by atoms with van der Waals surface area (Å²) in [6.45, 7) is 4.63. The summed E-state index contributed by atoms with van der Waals surface area (Å²) < 4.78 is 4.56. The Hall–Kier alpha value is -2.28. The van der Waals surface area contributed by atoms with E-state index in [1.165, 1.54) is 24.9 Å². The van der Waals surface area contributed by atoms with Crippen molar-refractivity contribution in [3.05, 3.63) is 42.0 Å². The molecule has 0 bridgehead atoms. The Morgan fingerprint density at radius 3 is 2.92 bits per heavy atom. The molecule has 1 aromatic rings. The molecule has 0 aliphatic carbocycles. The van der Waals surface area contributed by atoms with Crippen molar-refractivity contribution in [2.45, 2.75) is 12.8 Å². The van der Waals surface area contributed by atoms with E-state index in [0.717, 1.165) is 24.1 Å². The van der Waals surface area contributed by atoms with Crippen LogP contribution in [0.3, 0.4) is 0 Å². The summed E-state index contributed by atoms with van der Waals surface area (Å²) in [6.07, 6.45) is 2.86. The first-order chi connectivity index (χ1) is 12.1. The summed E-state index contributed by atoms with van der Waals surface area (Å²) in [5, 5.41) is 2.86. The van der Waals surface area contributed by atoms with Gasteiger partial charge >= 0.3 is 5.97 Å². The number of carbonyl (C=O) groups excluding carboxylic acids is 3. The largest absolute Gasteiger partial charge is 0.468 e. The Balaban J connectivity index is 2.00. The van der Waals surface area contributed by atoms with Crippen LogP contribution in [-0.4, -0.2) is 49.5 Å². The van der Waals surface area contributed by atoms with E-state index in [2.05, 4.69) is 16.6 Å². The fourth-order valence-electron chi connectivity index (χ4n) is 2.72. The topological polar surface area (TPSA) is 75.7 Å². The predicted octanol–water partition coefficient (Wildman–Crippen LogP) is 1.79. The molecule has 0 unspecified atom stereocenters. The summed E-state index contributed by atoms with van der Waals surface area (Å²) in [7, 11) is 1.35. The fraction of sp³-hybridized carbons (Fsp3) is 0.389. The number of nitrogens with one attached hydrogen (secondary N) is 1. The average molecular weight is 362 g/mol. The number of rotatable bonds is 7. The summed E-state index contributed by atoms with van der Waals surface area (Å²) >= 11 is 1.41. The fourth-order valence-corrected chi connectivity index (χ4v) is 3.40. The first kappa shape index (κ1) is 19.1. The lowest BCUT2D eigenvalue weighted by Crippen LogP contribution is -2.35. The van der Waals surface area contributed by atoms with Gasteiger partial charge in [0.05, 0.1) is 12.9 Å². The number of anilines is 1. The molecule has 6 nitrogen and oxygen atoms in total. The molecule has 2 rings (SSSR count). The molecule has 0 radical (unpaired) electrons. The maximum Gasteiger partial charge on any atom is 0.315 e. The van der Waals surface area contributed by atoms with E-state index >= 15 is 0 Å². The van der Waals surface area contributed by atoms with Crippen LogP contribution >= 0.6 is 11.8 Å². The number of methoxy groups -OCH3 is 1. The van der Waals surface area contributed by atoms with Crippen molar-refractivity contribution in [3.63, 3.8) is 0 Å². The zero-order valence-electron chi connectivity index (χ0n) is 14.2. The number of nitrogens with zero attached hydrogens (tertiary/aromatic N) is 1. The highest BCUT2D eigenvalue weighted by Crippen LogP contribution is 2.30. The van der Waals surface area contributed by atoms with Crippen molar-refractivity contribution >= 4 is 35.2 Å². The van der Waals surface area contributed by atoms with Gasteiger partial charge in [0.15, 0.2) is 0 Å². The number of benzene rings is 1. The maximum atomic E-state index is 12.5. The smallest absolute Gasteiger partial charge is 0.315 e. The summed E-state index contributed by atoms with van der Waals surface area (Å²) in [5.41, 5.74) is 2.27. The van der Waals surface area contributed by atoms with Gasteiger partial charge in [-0.2, -0.15) is 0 Å². The van der Waals surface area contributed by atoms with E-state index in [1.807, 2.05) is 6.07 Å². The lowest BCUT2D eigenvalue weighted by atomic mass is 9.95. The van der Waals surface area contributed by atoms with Crippen LogP contribution in [0.15, 0.2) is 30.9 Å². The molecule has 1 heterocycles. The Kier molecular flexibility index (Phi) is 7.06. The number of amides is 2. The lowest BCUT2D eigenvalue weighted by Gasteiger charge is -2.29. The number of thioether (sulfide) groups is 1. The SMILES string of the molecule is C=CC(=O)N1CCCc2c(C(=O)NCCSCC(=O)OC)cccc21. The van der Waals surface area contributed by atoms with Gasteiger partial charge in [-0.15, -0.1) is 11.8 Å². The van der Waals surface area contributed by atoms with Gasteiger partial charge in [-0.3, -0.25) is 14.4 Å². The van der Waals surface area contributed by atoms with Crippen LogP contribution in [0.4, 0.5) is 5.69 Å². The van der Waals surface area contributed by atoms with Crippen LogP contribution in [0.25, 0.3) is 0 Å². The zero-order chi connectivity index (χ0) is 18.2. The summed E-state index contributed by atoms with van der Waals surface area (Å²) in [5.74, 6) is 0.296. The molecule has 0 fully saturated rings. The third-order valence-corrected chi connectivity index (χ3v) is 4.85. The van der Waals surface area contributed by atoms with Gasteiger partial charge in [0.1, 0.15) is 0 Å². The second kappa shape index (κ2) is 9.27. The maximum absolute atomic E-state index is 12.5. The number of fused-ring (bicyclic) bond motifs is 1. The second-order valence-corrected chi connectivity index (χ2v) is 6.59. The Morgan fingerprint density at radius 2 is 2.20 bits per heavy atom. The third-order valence-electron chi connectivity index (χ3n) is 3.92. The van der Waals surface area contributed by atoms with Gasteiger partial charge in [-0.05, 0) is 36.6 Å². The molecule has 0 atom stereocenters. The minimum atomic E-state index is -0.277. The van der Waals surface area contributed by atoms with Crippen molar-refractivity contribution < 1.29 is 19.1 Å². The minimum Gasteiger partial charge on any atom is -0.468 e. The third kappa shape index (κ3) is 4.85. The number of hydrogen-bond acceptors (Lipinski definition) is 5. The van der Waals surface area contributed by atoms with E-state index in [0.29, 0.717) is 24.4 Å². The van der Waals surface area contributed by atoms with Crippen molar-refractivity contribution in [2.24, 2.45) is 0 Å². The number of ether oxygens (including phenoxy) is 1. The molecule has 1 aromatic carbocycles. The Labute approximate surface area is 151 Å². The first-order valence-electron chi connectivity index (χ1n) is 8.07. The highest BCUT2D eigenvalue weighted by atomic mass is 32.2. The molecule has 0 saturated carbocycles. The van der Waals surface area contributed by atoms with Crippen molar-refractivity contribution in [3.8, 4) is 0 Å². The van der Waals surface area contributed by atoms with Gasteiger partial charge in [-0.1, -0.05) is 12.6 Å². The van der Waals surface area contributed by atoms with Crippen molar-refractivity contribution in [1.29, 1.82) is 0 Å². The van der Waals surface area contributed by atoms with E-state index in [4.69, 9.17) is 0 Å². The molecule has 0 spiro atoms. The highest BCUT2D eigenvalue weighted by Gasteiger charge is 2.24. The summed E-state index contributed by atoms with van der Waals surface area (Å²) in [6, 6.07) is 5.42. The molecule has 25 heavy (non-hydrogen) atoms. The number of hydrogen-bond donors (Lipinski definition) is 1.